The third kappa shape index (κ3) is 4.76. The van der Waals surface area contributed by atoms with E-state index in [1.165, 1.54) is 24.3 Å². The Bertz CT molecular complexity index is 481. The third-order valence-corrected chi connectivity index (χ3v) is 2.29. The maximum Gasteiger partial charge on any atom is 0.335 e. The molecule has 0 aliphatic rings. The van der Waals surface area contributed by atoms with Crippen molar-refractivity contribution in [2.75, 3.05) is 0 Å². The van der Waals surface area contributed by atoms with Crippen molar-refractivity contribution in [3.63, 3.8) is 0 Å². The van der Waals surface area contributed by atoms with Crippen LogP contribution in [0, 0.1) is 0 Å². The van der Waals surface area contributed by atoms with Gasteiger partial charge < -0.3 is 20.7 Å². The summed E-state index contributed by atoms with van der Waals surface area (Å²) in [6.45, 7) is 0. The Morgan fingerprint density at radius 3 is 2.21 bits per heavy atom. The predicted molar refractivity (Wildman–Crippen MR) is 63.9 cm³/mol. The topological polar surface area (TPSA) is 127 Å². The highest BCUT2D eigenvalue weighted by atomic mass is 16.5. The summed E-state index contributed by atoms with van der Waals surface area (Å²) < 4.78 is 4.89. The van der Waals surface area contributed by atoms with Crippen molar-refractivity contribution in [3.05, 3.63) is 29.8 Å². The fraction of sp³-hybridized carbons (Fsp3) is 0.250. The van der Waals surface area contributed by atoms with Crippen LogP contribution in [0.1, 0.15) is 23.2 Å². The Labute approximate surface area is 108 Å². The molecule has 0 spiro atoms. The van der Waals surface area contributed by atoms with Gasteiger partial charge in [0.05, 0.1) is 5.56 Å². The molecule has 1 atom stereocenters. The van der Waals surface area contributed by atoms with Crippen LogP contribution in [0.15, 0.2) is 24.3 Å². The lowest BCUT2D eigenvalue weighted by atomic mass is 10.2. The number of hydrogen-bond acceptors (Lipinski definition) is 5. The lowest BCUT2D eigenvalue weighted by Gasteiger charge is -2.10. The average molecular weight is 267 g/mol. The van der Waals surface area contributed by atoms with Crippen LogP contribution < -0.4 is 10.5 Å². The third-order valence-electron chi connectivity index (χ3n) is 2.29. The Balaban J connectivity index is 2.56. The number of aromatic carboxylic acids is 1. The first-order valence-corrected chi connectivity index (χ1v) is 5.42. The molecule has 1 aromatic carbocycles. The number of aliphatic carboxylic acids is 1. The first kappa shape index (κ1) is 14.7. The van der Waals surface area contributed by atoms with Crippen LogP contribution >= 0.6 is 0 Å². The SMILES string of the molecule is N[C@H](CCC(=O)O)C(=O)Oc1ccc(C(=O)O)cc1. The summed E-state index contributed by atoms with van der Waals surface area (Å²) in [5.74, 6) is -2.74. The van der Waals surface area contributed by atoms with Crippen LogP contribution in [0.4, 0.5) is 0 Å². The van der Waals surface area contributed by atoms with Gasteiger partial charge in [0.25, 0.3) is 0 Å². The zero-order valence-corrected chi connectivity index (χ0v) is 9.91. The van der Waals surface area contributed by atoms with E-state index in [1.807, 2.05) is 0 Å². The zero-order valence-electron chi connectivity index (χ0n) is 9.91. The number of carbonyl (C=O) groups excluding carboxylic acids is 1. The molecule has 0 aliphatic heterocycles. The summed E-state index contributed by atoms with van der Waals surface area (Å²) >= 11 is 0. The number of carboxylic acids is 2. The maximum absolute atomic E-state index is 11.5. The van der Waals surface area contributed by atoms with Gasteiger partial charge in [-0.1, -0.05) is 0 Å². The summed E-state index contributed by atoms with van der Waals surface area (Å²) in [5.41, 5.74) is 5.52. The smallest absolute Gasteiger partial charge is 0.335 e. The first-order valence-electron chi connectivity index (χ1n) is 5.42. The monoisotopic (exact) mass is 267 g/mol. The van der Waals surface area contributed by atoms with Gasteiger partial charge in [0.2, 0.25) is 0 Å². The van der Waals surface area contributed by atoms with E-state index >= 15 is 0 Å². The van der Waals surface area contributed by atoms with Crippen molar-refractivity contribution >= 4 is 17.9 Å². The Morgan fingerprint density at radius 1 is 1.16 bits per heavy atom. The fourth-order valence-electron chi connectivity index (χ4n) is 1.25. The maximum atomic E-state index is 11.5. The second-order valence-electron chi connectivity index (χ2n) is 3.79. The number of carboxylic acid groups (broad SMARTS) is 2. The highest BCUT2D eigenvalue weighted by molar-refractivity contribution is 5.87. The number of benzene rings is 1. The zero-order chi connectivity index (χ0) is 14.4. The summed E-state index contributed by atoms with van der Waals surface area (Å²) in [5, 5.41) is 17.1. The van der Waals surface area contributed by atoms with E-state index in [0.29, 0.717) is 0 Å². The van der Waals surface area contributed by atoms with Crippen LogP contribution in [-0.2, 0) is 9.59 Å². The van der Waals surface area contributed by atoms with Crippen molar-refractivity contribution in [1.82, 2.24) is 0 Å². The minimum Gasteiger partial charge on any atom is -0.481 e. The van der Waals surface area contributed by atoms with E-state index in [-0.39, 0.29) is 24.2 Å². The summed E-state index contributed by atoms with van der Waals surface area (Å²) in [6.07, 6.45) is -0.254. The predicted octanol–water partition coefficient (Wildman–Crippen LogP) is 0.482. The fourth-order valence-corrected chi connectivity index (χ4v) is 1.25. The molecule has 0 aromatic heterocycles. The molecule has 102 valence electrons. The van der Waals surface area contributed by atoms with Gasteiger partial charge >= 0.3 is 17.9 Å². The van der Waals surface area contributed by atoms with Gasteiger partial charge in [-0.3, -0.25) is 4.79 Å². The van der Waals surface area contributed by atoms with Gasteiger partial charge in [0.15, 0.2) is 0 Å². The van der Waals surface area contributed by atoms with Crippen molar-refractivity contribution < 1.29 is 29.3 Å². The van der Waals surface area contributed by atoms with Gasteiger partial charge in [-0.2, -0.15) is 0 Å². The highest BCUT2D eigenvalue weighted by Gasteiger charge is 2.17. The van der Waals surface area contributed by atoms with E-state index in [9.17, 15) is 14.4 Å². The number of ether oxygens (including phenoxy) is 1. The van der Waals surface area contributed by atoms with Crippen LogP contribution in [0.5, 0.6) is 5.75 Å². The van der Waals surface area contributed by atoms with E-state index in [2.05, 4.69) is 0 Å². The van der Waals surface area contributed by atoms with Crippen molar-refractivity contribution in [3.8, 4) is 5.75 Å². The lowest BCUT2D eigenvalue weighted by Crippen LogP contribution is -2.34. The number of carbonyl (C=O) groups is 3. The van der Waals surface area contributed by atoms with Gasteiger partial charge in [0.1, 0.15) is 11.8 Å². The molecule has 0 saturated carbocycles. The lowest BCUT2D eigenvalue weighted by molar-refractivity contribution is -0.138. The largest absolute Gasteiger partial charge is 0.481 e. The van der Waals surface area contributed by atoms with Crippen LogP contribution in [0.25, 0.3) is 0 Å². The molecule has 0 radical (unpaired) electrons. The molecule has 0 saturated heterocycles. The molecule has 0 fully saturated rings. The quantitative estimate of drug-likeness (QED) is 0.505. The molecule has 0 bridgehead atoms. The molecule has 4 N–H and O–H groups in total. The van der Waals surface area contributed by atoms with Crippen LogP contribution in [0.2, 0.25) is 0 Å². The molecule has 0 aliphatic carbocycles. The number of esters is 1. The van der Waals surface area contributed by atoms with Gasteiger partial charge in [0, 0.05) is 6.42 Å². The Morgan fingerprint density at radius 2 is 1.74 bits per heavy atom. The summed E-state index contributed by atoms with van der Waals surface area (Å²) in [7, 11) is 0. The molecule has 1 aromatic rings. The van der Waals surface area contributed by atoms with E-state index < -0.39 is 23.9 Å². The number of rotatable bonds is 6. The van der Waals surface area contributed by atoms with E-state index in [4.69, 9.17) is 20.7 Å². The summed E-state index contributed by atoms with van der Waals surface area (Å²) in [6, 6.07) is 4.19. The van der Waals surface area contributed by atoms with Crippen LogP contribution in [-0.4, -0.2) is 34.2 Å². The van der Waals surface area contributed by atoms with Crippen molar-refractivity contribution in [2.24, 2.45) is 5.73 Å². The van der Waals surface area contributed by atoms with Gasteiger partial charge in [-0.15, -0.1) is 0 Å². The van der Waals surface area contributed by atoms with Crippen molar-refractivity contribution in [2.45, 2.75) is 18.9 Å². The minimum atomic E-state index is -1.09. The highest BCUT2D eigenvalue weighted by Crippen LogP contribution is 2.13. The van der Waals surface area contributed by atoms with Crippen LogP contribution in [0.3, 0.4) is 0 Å². The molecular formula is C12H13NO6. The Hall–Kier alpha value is -2.41. The van der Waals surface area contributed by atoms with E-state index in [1.54, 1.807) is 0 Å². The average Bonchev–Trinajstić information content (AvgIpc) is 2.36. The van der Waals surface area contributed by atoms with Gasteiger partial charge in [-0.05, 0) is 30.7 Å². The van der Waals surface area contributed by atoms with E-state index in [0.717, 1.165) is 0 Å². The molecule has 7 heteroatoms. The molecular weight excluding hydrogens is 254 g/mol. The Kier molecular flexibility index (Phi) is 5.01. The minimum absolute atomic E-state index is 0.0264. The normalized spacial score (nSPS) is 11.6. The molecule has 0 amide bonds. The molecule has 19 heavy (non-hydrogen) atoms. The standard InChI is InChI=1S/C12H13NO6/c13-9(5-6-10(14)15)12(18)19-8-3-1-7(2-4-8)11(16)17/h1-4,9H,5-6,13H2,(H,14,15)(H,16,17)/t9-/m1/s1. The van der Waals surface area contributed by atoms with Gasteiger partial charge in [-0.25, -0.2) is 9.59 Å². The molecule has 7 nitrogen and oxygen atoms in total. The number of hydrogen-bond donors (Lipinski definition) is 3. The molecule has 1 rings (SSSR count). The second kappa shape index (κ2) is 6.50. The van der Waals surface area contributed by atoms with Crippen molar-refractivity contribution in [1.29, 1.82) is 0 Å². The second-order valence-corrected chi connectivity index (χ2v) is 3.79. The number of nitrogens with two attached hydrogens (primary N) is 1. The molecule has 0 heterocycles. The summed E-state index contributed by atoms with van der Waals surface area (Å²) in [4.78, 5) is 32.4. The molecule has 0 unspecified atom stereocenters. The first-order chi connectivity index (χ1) is 8.90.